The van der Waals surface area contributed by atoms with Gasteiger partial charge in [0.1, 0.15) is 18.0 Å². The summed E-state index contributed by atoms with van der Waals surface area (Å²) >= 11 is 0. The van der Waals surface area contributed by atoms with Crippen LogP contribution in [0.15, 0.2) is 30.9 Å². The average molecular weight is 298 g/mol. The summed E-state index contributed by atoms with van der Waals surface area (Å²) in [5, 5.41) is 0. The maximum absolute atomic E-state index is 4.49. The molecule has 3 rings (SSSR count). The van der Waals surface area contributed by atoms with Crippen LogP contribution in [0.1, 0.15) is 24.4 Å². The molecule has 0 saturated carbocycles. The summed E-state index contributed by atoms with van der Waals surface area (Å²) in [7, 11) is 2.12. The molecule has 22 heavy (non-hydrogen) atoms. The van der Waals surface area contributed by atoms with Crippen molar-refractivity contribution in [3.8, 4) is 0 Å². The summed E-state index contributed by atoms with van der Waals surface area (Å²) in [6.07, 6.45) is 7.53. The van der Waals surface area contributed by atoms with Crippen LogP contribution in [0.2, 0.25) is 0 Å². The predicted molar refractivity (Wildman–Crippen MR) is 85.5 cm³/mol. The van der Waals surface area contributed by atoms with Crippen LogP contribution in [-0.4, -0.2) is 51.0 Å². The predicted octanol–water partition coefficient (Wildman–Crippen LogP) is 1.68. The Bertz CT molecular complexity index is 595. The monoisotopic (exact) mass is 298 g/mol. The van der Waals surface area contributed by atoms with Crippen LogP contribution >= 0.6 is 0 Å². The Kier molecular flexibility index (Phi) is 4.58. The molecule has 116 valence electrons. The van der Waals surface area contributed by atoms with Gasteiger partial charge in [0.05, 0.1) is 5.69 Å². The van der Waals surface area contributed by atoms with E-state index in [1.807, 2.05) is 25.3 Å². The molecular weight excluding hydrogens is 276 g/mol. The number of rotatable bonds is 4. The number of aryl methyl sites for hydroxylation is 1. The molecule has 0 amide bonds. The molecule has 0 aliphatic carbocycles. The van der Waals surface area contributed by atoms with E-state index >= 15 is 0 Å². The third-order valence-corrected chi connectivity index (χ3v) is 4.25. The number of piperidine rings is 1. The van der Waals surface area contributed by atoms with E-state index in [0.29, 0.717) is 6.04 Å². The van der Waals surface area contributed by atoms with Crippen molar-refractivity contribution >= 4 is 5.82 Å². The zero-order chi connectivity index (χ0) is 15.4. The van der Waals surface area contributed by atoms with Gasteiger partial charge in [-0.05, 0) is 31.9 Å². The lowest BCUT2D eigenvalue weighted by molar-refractivity contribution is 0.201. The Morgan fingerprint density at radius 1 is 1.18 bits per heavy atom. The van der Waals surface area contributed by atoms with E-state index in [1.54, 1.807) is 12.5 Å². The van der Waals surface area contributed by atoms with Gasteiger partial charge in [0, 0.05) is 45.1 Å². The lowest BCUT2D eigenvalue weighted by Gasteiger charge is -2.37. The van der Waals surface area contributed by atoms with Gasteiger partial charge >= 0.3 is 0 Å². The zero-order valence-corrected chi connectivity index (χ0v) is 13.2. The van der Waals surface area contributed by atoms with Crippen LogP contribution in [0.5, 0.6) is 0 Å². The summed E-state index contributed by atoms with van der Waals surface area (Å²) in [5.74, 6) is 1.84. The Hall–Kier alpha value is -2.08. The van der Waals surface area contributed by atoms with E-state index < -0.39 is 0 Å². The van der Waals surface area contributed by atoms with E-state index in [2.05, 4.69) is 36.8 Å². The molecule has 1 aliphatic heterocycles. The number of hydrogen-bond acceptors (Lipinski definition) is 6. The van der Waals surface area contributed by atoms with Crippen molar-refractivity contribution in [2.75, 3.05) is 25.0 Å². The van der Waals surface area contributed by atoms with Crippen LogP contribution in [0.3, 0.4) is 0 Å². The van der Waals surface area contributed by atoms with Gasteiger partial charge in [-0.25, -0.2) is 19.9 Å². The van der Waals surface area contributed by atoms with Gasteiger partial charge in [0.25, 0.3) is 0 Å². The minimum absolute atomic E-state index is 0.540. The van der Waals surface area contributed by atoms with Crippen LogP contribution in [0, 0.1) is 6.92 Å². The van der Waals surface area contributed by atoms with Crippen molar-refractivity contribution in [2.45, 2.75) is 32.4 Å². The minimum atomic E-state index is 0.540. The fourth-order valence-corrected chi connectivity index (χ4v) is 2.97. The molecule has 0 N–H and O–H groups in total. The van der Waals surface area contributed by atoms with Crippen molar-refractivity contribution in [3.05, 3.63) is 42.4 Å². The maximum Gasteiger partial charge on any atom is 0.131 e. The van der Waals surface area contributed by atoms with Gasteiger partial charge in [0.2, 0.25) is 0 Å². The van der Waals surface area contributed by atoms with Crippen molar-refractivity contribution in [1.29, 1.82) is 0 Å². The summed E-state index contributed by atoms with van der Waals surface area (Å²) < 4.78 is 0. The Balaban J connectivity index is 1.54. The van der Waals surface area contributed by atoms with E-state index in [4.69, 9.17) is 0 Å². The van der Waals surface area contributed by atoms with Crippen LogP contribution < -0.4 is 4.90 Å². The van der Waals surface area contributed by atoms with E-state index in [1.165, 1.54) is 0 Å². The van der Waals surface area contributed by atoms with Crippen molar-refractivity contribution < 1.29 is 0 Å². The first kappa shape index (κ1) is 14.8. The smallest absolute Gasteiger partial charge is 0.131 e. The van der Waals surface area contributed by atoms with Crippen LogP contribution in [-0.2, 0) is 6.54 Å². The fraction of sp³-hybridized carbons (Fsp3) is 0.500. The van der Waals surface area contributed by atoms with Gasteiger partial charge in [-0.15, -0.1) is 0 Å². The minimum Gasteiger partial charge on any atom is -0.356 e. The second-order valence-electron chi connectivity index (χ2n) is 5.78. The first-order valence-corrected chi connectivity index (χ1v) is 7.72. The molecule has 0 radical (unpaired) electrons. The molecule has 0 bridgehead atoms. The molecule has 6 nitrogen and oxygen atoms in total. The van der Waals surface area contributed by atoms with Gasteiger partial charge in [-0.3, -0.25) is 4.90 Å². The van der Waals surface area contributed by atoms with Crippen molar-refractivity contribution in [3.63, 3.8) is 0 Å². The SMILES string of the molecule is Cc1nccc(CN2CCC(N(C)c3ccncn3)CC2)n1. The number of nitrogens with zero attached hydrogens (tertiary/aromatic N) is 6. The highest BCUT2D eigenvalue weighted by atomic mass is 15.2. The number of hydrogen-bond donors (Lipinski definition) is 0. The number of aromatic nitrogens is 4. The topological polar surface area (TPSA) is 58.0 Å². The van der Waals surface area contributed by atoms with Gasteiger partial charge in [-0.2, -0.15) is 0 Å². The molecule has 0 aromatic carbocycles. The Labute approximate surface area is 131 Å². The third kappa shape index (κ3) is 3.57. The van der Waals surface area contributed by atoms with Crippen LogP contribution in [0.25, 0.3) is 0 Å². The molecule has 1 fully saturated rings. The van der Waals surface area contributed by atoms with E-state index in [0.717, 1.165) is 49.8 Å². The lowest BCUT2D eigenvalue weighted by Crippen LogP contribution is -2.43. The first-order valence-electron chi connectivity index (χ1n) is 7.72. The number of anilines is 1. The lowest BCUT2D eigenvalue weighted by atomic mass is 10.0. The molecule has 2 aromatic rings. The van der Waals surface area contributed by atoms with Gasteiger partial charge < -0.3 is 4.90 Å². The van der Waals surface area contributed by atoms with E-state index in [9.17, 15) is 0 Å². The second kappa shape index (κ2) is 6.79. The van der Waals surface area contributed by atoms with Gasteiger partial charge in [-0.1, -0.05) is 0 Å². The van der Waals surface area contributed by atoms with Gasteiger partial charge in [0.15, 0.2) is 0 Å². The van der Waals surface area contributed by atoms with Crippen molar-refractivity contribution in [2.24, 2.45) is 0 Å². The normalized spacial score (nSPS) is 16.6. The highest BCUT2D eigenvalue weighted by Gasteiger charge is 2.23. The van der Waals surface area contributed by atoms with E-state index in [-0.39, 0.29) is 0 Å². The molecule has 6 heteroatoms. The first-order chi connectivity index (χ1) is 10.7. The summed E-state index contributed by atoms with van der Waals surface area (Å²) in [5.41, 5.74) is 1.11. The molecule has 0 atom stereocenters. The largest absolute Gasteiger partial charge is 0.356 e. The second-order valence-corrected chi connectivity index (χ2v) is 5.78. The summed E-state index contributed by atoms with van der Waals surface area (Å²) in [6, 6.07) is 4.51. The molecule has 2 aromatic heterocycles. The fourth-order valence-electron chi connectivity index (χ4n) is 2.97. The maximum atomic E-state index is 4.49. The Morgan fingerprint density at radius 2 is 2.00 bits per heavy atom. The standard InChI is InChI=1S/C16H22N6/c1-13-18-8-3-14(20-13)11-22-9-5-15(6-10-22)21(2)16-4-7-17-12-19-16/h3-4,7-8,12,15H,5-6,9-11H2,1-2H3. The number of likely N-dealkylation sites (tertiary alicyclic amines) is 1. The molecule has 1 aliphatic rings. The molecule has 3 heterocycles. The third-order valence-electron chi connectivity index (χ3n) is 4.25. The Morgan fingerprint density at radius 3 is 2.68 bits per heavy atom. The molecule has 0 spiro atoms. The van der Waals surface area contributed by atoms with Crippen molar-refractivity contribution in [1.82, 2.24) is 24.8 Å². The van der Waals surface area contributed by atoms with Crippen LogP contribution in [0.4, 0.5) is 5.82 Å². The summed E-state index contributed by atoms with van der Waals surface area (Å²) in [6.45, 7) is 5.02. The summed E-state index contributed by atoms with van der Waals surface area (Å²) in [4.78, 5) is 21.7. The zero-order valence-electron chi connectivity index (χ0n) is 13.2. The quantitative estimate of drug-likeness (QED) is 0.856. The highest BCUT2D eigenvalue weighted by molar-refractivity contribution is 5.36. The highest BCUT2D eigenvalue weighted by Crippen LogP contribution is 2.20. The molecular formula is C16H22N6. The molecule has 1 saturated heterocycles. The average Bonchev–Trinajstić information content (AvgIpc) is 2.56. The molecule has 0 unspecified atom stereocenters.